The first-order valence-corrected chi connectivity index (χ1v) is 8.32. The van der Waals surface area contributed by atoms with Gasteiger partial charge in [-0.15, -0.1) is 11.8 Å². The van der Waals surface area contributed by atoms with Gasteiger partial charge in [-0.2, -0.15) is 0 Å². The third-order valence-corrected chi connectivity index (χ3v) is 4.20. The molecule has 1 N–H and O–H groups in total. The predicted octanol–water partition coefficient (Wildman–Crippen LogP) is 4.02. The third-order valence-electron chi connectivity index (χ3n) is 2.47. The Kier molecular flexibility index (Phi) is 9.10. The van der Waals surface area contributed by atoms with E-state index in [1.165, 1.54) is 0 Å². The molecule has 0 fully saturated rings. The number of carbonyl (C=O) groups is 1. The Morgan fingerprint density at radius 2 is 2.15 bits per heavy atom. The first-order chi connectivity index (χ1) is 9.63. The van der Waals surface area contributed by atoms with Gasteiger partial charge in [0.15, 0.2) is 0 Å². The number of ether oxygens (including phenoxy) is 1. The van der Waals surface area contributed by atoms with E-state index in [0.29, 0.717) is 18.1 Å². The Bertz CT molecular complexity index is 430. The highest BCUT2D eigenvalue weighted by molar-refractivity contribution is 7.99. The van der Waals surface area contributed by atoms with Gasteiger partial charge in [0.25, 0.3) is 0 Å². The fraction of sp³-hybridized carbons (Fsp3) is 0.500. The Morgan fingerprint density at radius 3 is 2.90 bits per heavy atom. The average Bonchev–Trinajstić information content (AvgIpc) is 2.41. The summed E-state index contributed by atoms with van der Waals surface area (Å²) in [6, 6.07) is 5.45. The van der Waals surface area contributed by atoms with E-state index in [1.807, 2.05) is 13.0 Å². The summed E-state index contributed by atoms with van der Waals surface area (Å²) in [7, 11) is 0. The van der Waals surface area contributed by atoms with E-state index in [4.69, 9.17) is 27.9 Å². The van der Waals surface area contributed by atoms with Gasteiger partial charge in [0.2, 0.25) is 0 Å². The highest BCUT2D eigenvalue weighted by Gasteiger charge is 2.02. The molecular formula is C14H19Cl2NO2S. The molecule has 0 aliphatic heterocycles. The Hall–Kier alpha value is -0.420. The van der Waals surface area contributed by atoms with Crippen LogP contribution in [0.5, 0.6) is 0 Å². The summed E-state index contributed by atoms with van der Waals surface area (Å²) in [5.74, 6) is 0.772. The van der Waals surface area contributed by atoms with E-state index in [1.54, 1.807) is 23.9 Å². The zero-order chi connectivity index (χ0) is 14.8. The molecule has 0 saturated carbocycles. The van der Waals surface area contributed by atoms with Gasteiger partial charge in [0.05, 0.1) is 11.6 Å². The number of hydrogen-bond donors (Lipinski definition) is 1. The fourth-order valence-corrected chi connectivity index (χ4v) is 2.94. The van der Waals surface area contributed by atoms with Crippen molar-refractivity contribution in [1.29, 1.82) is 0 Å². The number of carbonyl (C=O) groups excluding carboxylic acids is 1. The van der Waals surface area contributed by atoms with Crippen LogP contribution in [-0.4, -0.2) is 31.4 Å². The summed E-state index contributed by atoms with van der Waals surface area (Å²) in [4.78, 5) is 12.1. The first-order valence-electron chi connectivity index (χ1n) is 6.57. The lowest BCUT2D eigenvalue weighted by Gasteiger charge is -2.06. The van der Waals surface area contributed by atoms with Crippen LogP contribution in [0.2, 0.25) is 10.0 Å². The maximum Gasteiger partial charge on any atom is 0.305 e. The quantitative estimate of drug-likeness (QED) is 0.420. The number of halogens is 2. The molecule has 3 nitrogen and oxygen atoms in total. The smallest absolute Gasteiger partial charge is 0.305 e. The molecule has 0 aromatic heterocycles. The van der Waals surface area contributed by atoms with Crippen molar-refractivity contribution in [1.82, 2.24) is 5.32 Å². The second-order valence-electron chi connectivity index (χ2n) is 4.08. The second-order valence-corrected chi connectivity index (χ2v) is 6.06. The van der Waals surface area contributed by atoms with Crippen molar-refractivity contribution in [3.63, 3.8) is 0 Å². The van der Waals surface area contributed by atoms with Crippen molar-refractivity contribution in [3.8, 4) is 0 Å². The van der Waals surface area contributed by atoms with Crippen LogP contribution in [0.3, 0.4) is 0 Å². The fourth-order valence-electron chi connectivity index (χ4n) is 1.54. The number of thioether (sulfide) groups is 1. The van der Waals surface area contributed by atoms with Crippen LogP contribution in [0, 0.1) is 0 Å². The van der Waals surface area contributed by atoms with Crippen LogP contribution in [0.4, 0.5) is 0 Å². The second kappa shape index (κ2) is 10.3. The molecule has 0 saturated heterocycles. The monoisotopic (exact) mass is 335 g/mol. The number of rotatable bonds is 9. The zero-order valence-electron chi connectivity index (χ0n) is 11.5. The molecule has 0 unspecified atom stereocenters. The van der Waals surface area contributed by atoms with Crippen LogP contribution in [0.15, 0.2) is 23.1 Å². The van der Waals surface area contributed by atoms with Gasteiger partial charge in [-0.3, -0.25) is 4.79 Å². The standard InChI is InChI=1S/C14H19Cl2NO2S/c1-2-19-14(18)4-3-7-17-8-9-20-13-10-11(15)5-6-12(13)16/h5-6,10,17H,2-4,7-9H2,1H3. The summed E-state index contributed by atoms with van der Waals surface area (Å²) < 4.78 is 4.85. The maximum atomic E-state index is 11.1. The number of benzene rings is 1. The molecule has 1 aromatic carbocycles. The number of esters is 1. The molecule has 0 amide bonds. The van der Waals surface area contributed by atoms with Crippen LogP contribution in [-0.2, 0) is 9.53 Å². The normalized spacial score (nSPS) is 10.6. The molecule has 112 valence electrons. The minimum Gasteiger partial charge on any atom is -0.466 e. The highest BCUT2D eigenvalue weighted by Crippen LogP contribution is 2.29. The van der Waals surface area contributed by atoms with Crippen molar-refractivity contribution in [3.05, 3.63) is 28.2 Å². The molecule has 0 spiro atoms. The lowest BCUT2D eigenvalue weighted by atomic mass is 10.3. The van der Waals surface area contributed by atoms with Gasteiger partial charge < -0.3 is 10.1 Å². The van der Waals surface area contributed by atoms with E-state index in [9.17, 15) is 4.79 Å². The Morgan fingerprint density at radius 1 is 1.35 bits per heavy atom. The largest absolute Gasteiger partial charge is 0.466 e. The molecule has 6 heteroatoms. The van der Waals surface area contributed by atoms with Crippen molar-refractivity contribution >= 4 is 40.9 Å². The van der Waals surface area contributed by atoms with Gasteiger partial charge in [-0.25, -0.2) is 0 Å². The van der Waals surface area contributed by atoms with Crippen LogP contribution in [0.1, 0.15) is 19.8 Å². The SMILES string of the molecule is CCOC(=O)CCCNCCSc1cc(Cl)ccc1Cl. The van der Waals surface area contributed by atoms with Crippen LogP contribution < -0.4 is 5.32 Å². The molecule has 0 aliphatic rings. The van der Waals surface area contributed by atoms with E-state index < -0.39 is 0 Å². The minimum atomic E-state index is -0.130. The average molecular weight is 336 g/mol. The van der Waals surface area contributed by atoms with Crippen molar-refractivity contribution in [2.75, 3.05) is 25.4 Å². The van der Waals surface area contributed by atoms with E-state index in [-0.39, 0.29) is 5.97 Å². The number of hydrogen-bond acceptors (Lipinski definition) is 4. The molecule has 0 heterocycles. The van der Waals surface area contributed by atoms with Gasteiger partial charge in [0, 0.05) is 28.6 Å². The van der Waals surface area contributed by atoms with Gasteiger partial charge in [-0.05, 0) is 38.1 Å². The van der Waals surface area contributed by atoms with E-state index in [2.05, 4.69) is 5.32 Å². The molecule has 1 aromatic rings. The van der Waals surface area contributed by atoms with Crippen molar-refractivity contribution in [2.24, 2.45) is 0 Å². The predicted molar refractivity (Wildman–Crippen MR) is 85.9 cm³/mol. The molecule has 1 rings (SSSR count). The molecular weight excluding hydrogens is 317 g/mol. The lowest BCUT2D eigenvalue weighted by Crippen LogP contribution is -2.19. The lowest BCUT2D eigenvalue weighted by molar-refractivity contribution is -0.143. The zero-order valence-corrected chi connectivity index (χ0v) is 13.8. The van der Waals surface area contributed by atoms with Crippen LogP contribution >= 0.6 is 35.0 Å². The van der Waals surface area contributed by atoms with Crippen molar-refractivity contribution < 1.29 is 9.53 Å². The highest BCUT2D eigenvalue weighted by atomic mass is 35.5. The van der Waals surface area contributed by atoms with E-state index >= 15 is 0 Å². The molecule has 0 aliphatic carbocycles. The van der Waals surface area contributed by atoms with Crippen LogP contribution in [0.25, 0.3) is 0 Å². The summed E-state index contributed by atoms with van der Waals surface area (Å²) in [5.41, 5.74) is 0. The first kappa shape index (κ1) is 17.6. The Balaban J connectivity index is 2.07. The van der Waals surface area contributed by atoms with Gasteiger partial charge in [-0.1, -0.05) is 23.2 Å². The summed E-state index contributed by atoms with van der Waals surface area (Å²) in [5, 5.41) is 4.70. The third kappa shape index (κ3) is 7.39. The van der Waals surface area contributed by atoms with Gasteiger partial charge in [0.1, 0.15) is 0 Å². The summed E-state index contributed by atoms with van der Waals surface area (Å²) in [6.07, 6.45) is 1.26. The topological polar surface area (TPSA) is 38.3 Å². The molecule has 0 atom stereocenters. The molecule has 0 bridgehead atoms. The number of nitrogens with one attached hydrogen (secondary N) is 1. The van der Waals surface area contributed by atoms with Crippen molar-refractivity contribution in [2.45, 2.75) is 24.7 Å². The van der Waals surface area contributed by atoms with E-state index in [0.717, 1.165) is 35.2 Å². The minimum absolute atomic E-state index is 0.130. The Labute approximate surface area is 134 Å². The molecule has 20 heavy (non-hydrogen) atoms. The molecule has 0 radical (unpaired) electrons. The summed E-state index contributed by atoms with van der Waals surface area (Å²) in [6.45, 7) is 3.93. The van der Waals surface area contributed by atoms with Gasteiger partial charge >= 0.3 is 5.97 Å². The summed E-state index contributed by atoms with van der Waals surface area (Å²) >= 11 is 13.7. The maximum absolute atomic E-state index is 11.1.